The quantitative estimate of drug-likeness (QED) is 0.659. The summed E-state index contributed by atoms with van der Waals surface area (Å²) < 4.78 is 0. The molecule has 0 amide bonds. The van der Waals surface area contributed by atoms with Crippen LogP contribution in [0.15, 0.2) is 0 Å². The van der Waals surface area contributed by atoms with E-state index in [2.05, 4.69) is 11.1 Å². The number of rotatable bonds is 5. The summed E-state index contributed by atoms with van der Waals surface area (Å²) in [6.07, 6.45) is 0.752. The molecule has 68 valence electrons. The second kappa shape index (κ2) is 8.56. The molecule has 3 nitrogen and oxygen atoms in total. The molecule has 5 heteroatoms. The van der Waals surface area contributed by atoms with Crippen LogP contribution in [0.25, 0.3) is 0 Å². The van der Waals surface area contributed by atoms with Gasteiger partial charge in [-0.05, 0) is 0 Å². The first-order chi connectivity index (χ1) is 4.72. The van der Waals surface area contributed by atoms with E-state index in [0.29, 0.717) is 15.0 Å². The molecule has 0 heterocycles. The first-order valence-corrected chi connectivity index (χ1v) is 6.03. The van der Waals surface area contributed by atoms with Crippen LogP contribution in [0.4, 0.5) is 0 Å². The Kier molecular flexibility index (Phi) is 10.9. The molecule has 0 aliphatic carbocycles. The summed E-state index contributed by atoms with van der Waals surface area (Å²) >= 11 is 0.588. The summed E-state index contributed by atoms with van der Waals surface area (Å²) in [6.45, 7) is 0. The molecule has 0 rings (SSSR count). The van der Waals surface area contributed by atoms with Crippen LogP contribution in [0.3, 0.4) is 0 Å². The predicted octanol–water partition coefficient (Wildman–Crippen LogP) is -0.697. The number of carbonyl (C=O) groups is 1. The van der Waals surface area contributed by atoms with Crippen molar-refractivity contribution < 1.29 is 9.90 Å². The molecule has 11 heavy (non-hydrogen) atoms. The fourth-order valence-corrected chi connectivity index (χ4v) is 1.62. The number of aliphatic carboxylic acids is 1. The molecule has 2 N–H and O–H groups in total. The van der Waals surface area contributed by atoms with Crippen LogP contribution in [0.2, 0.25) is 11.1 Å². The van der Waals surface area contributed by atoms with Crippen LogP contribution < -0.4 is 5.32 Å². The summed E-state index contributed by atoms with van der Waals surface area (Å²) in [7, 11) is 1.68. The molecule has 0 saturated carbocycles. The van der Waals surface area contributed by atoms with Crippen LogP contribution in [0.5, 0.6) is 0 Å². The van der Waals surface area contributed by atoms with Crippen molar-refractivity contribution in [1.29, 1.82) is 0 Å². The second-order valence-corrected chi connectivity index (χ2v) is 4.03. The van der Waals surface area contributed by atoms with Gasteiger partial charge in [0.25, 0.3) is 0 Å². The standard InChI is InChI=1S/C6H13NO2Se.H2Se/c1-7-5(6(8)9)3-4-10-2;/h5,7H,3-4H2,1-2H3,(H,8,9);1H2. The summed E-state index contributed by atoms with van der Waals surface area (Å²) in [5, 5.41) is 12.3. The average Bonchev–Trinajstić information content (AvgIpc) is 1.89. The van der Waals surface area contributed by atoms with Gasteiger partial charge in [-0.25, -0.2) is 0 Å². The molecular weight excluding hydrogens is 276 g/mol. The van der Waals surface area contributed by atoms with Crippen molar-refractivity contribution in [1.82, 2.24) is 5.32 Å². The fourth-order valence-electron chi connectivity index (χ4n) is 0.627. The van der Waals surface area contributed by atoms with E-state index in [4.69, 9.17) is 5.11 Å². The first kappa shape index (κ1) is 14.0. The maximum absolute atomic E-state index is 10.4. The minimum atomic E-state index is -0.744. The monoisotopic (exact) mass is 293 g/mol. The Morgan fingerprint density at radius 3 is 2.55 bits per heavy atom. The molecule has 0 fully saturated rings. The molecule has 1 unspecified atom stereocenters. The van der Waals surface area contributed by atoms with E-state index in [1.807, 2.05) is 0 Å². The molecule has 0 aromatic heterocycles. The molecule has 0 aliphatic heterocycles. The third kappa shape index (κ3) is 6.85. The van der Waals surface area contributed by atoms with Gasteiger partial charge in [-0.2, -0.15) is 0 Å². The zero-order valence-corrected chi connectivity index (χ0v) is 10.6. The SMILES string of the molecule is CNC(CC[Se]C)C(=O)O.[SeH2]. The van der Waals surface area contributed by atoms with Gasteiger partial charge in [-0.3, -0.25) is 0 Å². The molecule has 0 aromatic carbocycles. The predicted molar refractivity (Wildman–Crippen MR) is 50.1 cm³/mol. The maximum atomic E-state index is 10.4. The van der Waals surface area contributed by atoms with E-state index in [0.717, 1.165) is 11.7 Å². The Morgan fingerprint density at radius 1 is 1.73 bits per heavy atom. The van der Waals surface area contributed by atoms with Gasteiger partial charge in [0.05, 0.1) is 0 Å². The summed E-state index contributed by atoms with van der Waals surface area (Å²) in [5.74, 6) is 1.37. The number of likely N-dealkylation sites (N-methyl/N-ethyl adjacent to an activating group) is 1. The fraction of sp³-hybridized carbons (Fsp3) is 0.833. The Balaban J connectivity index is 0. The van der Waals surface area contributed by atoms with Crippen molar-refractivity contribution in [2.45, 2.75) is 23.6 Å². The van der Waals surface area contributed by atoms with Gasteiger partial charge in [0.2, 0.25) is 0 Å². The zero-order valence-electron chi connectivity index (χ0n) is 6.76. The van der Waals surface area contributed by atoms with Crippen LogP contribution in [-0.4, -0.2) is 56.2 Å². The van der Waals surface area contributed by atoms with E-state index in [-0.39, 0.29) is 23.1 Å². The van der Waals surface area contributed by atoms with Crippen molar-refractivity contribution in [3.63, 3.8) is 0 Å². The number of hydrogen-bond acceptors (Lipinski definition) is 2. The summed E-state index contributed by atoms with van der Waals surface area (Å²) in [4.78, 5) is 10.4. The molecule has 1 atom stereocenters. The van der Waals surface area contributed by atoms with Gasteiger partial charge in [-0.15, -0.1) is 0 Å². The molecule has 0 saturated heterocycles. The third-order valence-electron chi connectivity index (χ3n) is 1.26. The van der Waals surface area contributed by atoms with Crippen molar-refractivity contribution in [2.75, 3.05) is 7.05 Å². The van der Waals surface area contributed by atoms with Crippen molar-refractivity contribution in [2.24, 2.45) is 0 Å². The Bertz CT molecular complexity index is 111. The van der Waals surface area contributed by atoms with Gasteiger partial charge in [0.15, 0.2) is 0 Å². The average molecular weight is 291 g/mol. The first-order valence-electron chi connectivity index (χ1n) is 3.11. The number of carboxylic acids is 1. The normalized spacial score (nSPS) is 11.8. The van der Waals surface area contributed by atoms with Gasteiger partial charge in [0.1, 0.15) is 0 Å². The van der Waals surface area contributed by atoms with Gasteiger partial charge in [0, 0.05) is 0 Å². The van der Waals surface area contributed by atoms with Gasteiger partial charge < -0.3 is 0 Å². The van der Waals surface area contributed by atoms with E-state index in [1.54, 1.807) is 7.05 Å². The van der Waals surface area contributed by atoms with Crippen LogP contribution in [0.1, 0.15) is 6.42 Å². The van der Waals surface area contributed by atoms with E-state index < -0.39 is 5.97 Å². The van der Waals surface area contributed by atoms with E-state index in [1.165, 1.54) is 0 Å². The Hall–Kier alpha value is 0.469. The van der Waals surface area contributed by atoms with Crippen molar-refractivity contribution >= 4 is 38.0 Å². The molecule has 0 radical (unpaired) electrons. The number of hydrogen-bond donors (Lipinski definition) is 2. The Morgan fingerprint density at radius 2 is 2.27 bits per heavy atom. The van der Waals surface area contributed by atoms with Crippen LogP contribution >= 0.6 is 0 Å². The topological polar surface area (TPSA) is 49.3 Å². The third-order valence-corrected chi connectivity index (χ3v) is 2.61. The summed E-state index contributed by atoms with van der Waals surface area (Å²) in [6, 6.07) is -0.346. The van der Waals surface area contributed by atoms with E-state index in [9.17, 15) is 4.79 Å². The number of nitrogens with one attached hydrogen (secondary N) is 1. The minimum absolute atomic E-state index is 0. The van der Waals surface area contributed by atoms with Crippen LogP contribution in [0, 0.1) is 0 Å². The van der Waals surface area contributed by atoms with Crippen molar-refractivity contribution in [3.8, 4) is 0 Å². The second-order valence-electron chi connectivity index (χ2n) is 1.96. The van der Waals surface area contributed by atoms with Gasteiger partial charge >= 0.3 is 83.9 Å². The van der Waals surface area contributed by atoms with Crippen LogP contribution in [-0.2, 0) is 4.79 Å². The molecular formula is C6H15NO2Se2. The van der Waals surface area contributed by atoms with E-state index >= 15 is 0 Å². The molecule has 0 aliphatic rings. The van der Waals surface area contributed by atoms with Gasteiger partial charge in [-0.1, -0.05) is 0 Å². The molecule has 0 bridgehead atoms. The zero-order chi connectivity index (χ0) is 7.98. The molecule has 0 spiro atoms. The molecule has 0 aromatic rings. The summed E-state index contributed by atoms with van der Waals surface area (Å²) in [5.41, 5.74) is 0. The van der Waals surface area contributed by atoms with Crippen molar-refractivity contribution in [3.05, 3.63) is 0 Å². The Labute approximate surface area is 83.9 Å². The number of carboxylic acid groups (broad SMARTS) is 1.